The van der Waals surface area contributed by atoms with Gasteiger partial charge >= 0.3 is 6.09 Å². The van der Waals surface area contributed by atoms with Crippen LogP contribution in [-0.2, 0) is 9.53 Å². The molecule has 0 aromatic carbocycles. The summed E-state index contributed by atoms with van der Waals surface area (Å²) < 4.78 is 4.94. The average molecular weight is 202 g/mol. The van der Waals surface area contributed by atoms with E-state index in [1.807, 2.05) is 0 Å². The molecule has 14 heavy (non-hydrogen) atoms. The zero-order valence-corrected chi connectivity index (χ0v) is 9.14. The van der Waals surface area contributed by atoms with E-state index in [0.29, 0.717) is 0 Å². The van der Waals surface area contributed by atoms with E-state index in [-0.39, 0.29) is 18.9 Å². The van der Waals surface area contributed by atoms with Crippen LogP contribution in [0.4, 0.5) is 4.79 Å². The van der Waals surface area contributed by atoms with E-state index in [9.17, 15) is 9.59 Å². The molecule has 0 aliphatic heterocycles. The second kappa shape index (κ2) is 5.59. The summed E-state index contributed by atoms with van der Waals surface area (Å²) in [6.45, 7) is 5.54. The first kappa shape index (κ1) is 12.9. The average Bonchev–Trinajstić information content (AvgIpc) is 1.98. The lowest BCUT2D eigenvalue weighted by Crippen LogP contribution is -2.37. The minimum atomic E-state index is -0.568. The summed E-state index contributed by atoms with van der Waals surface area (Å²) in [4.78, 5) is 22.0. The van der Waals surface area contributed by atoms with Crippen LogP contribution < -0.4 is 10.6 Å². The number of alkyl carbamates (subject to hydrolysis) is 1. The molecule has 82 valence electrons. The van der Waals surface area contributed by atoms with Gasteiger partial charge < -0.3 is 15.4 Å². The number of Topliss-reactive ketones (excluding diaryl/α,β-unsaturated/α-hetero) is 1. The number of hydrogen-bond donors (Lipinski definition) is 2. The van der Waals surface area contributed by atoms with Crippen molar-refractivity contribution in [3.8, 4) is 0 Å². The van der Waals surface area contributed by atoms with Crippen LogP contribution in [0.3, 0.4) is 0 Å². The van der Waals surface area contributed by atoms with Gasteiger partial charge in [-0.05, 0) is 27.8 Å². The van der Waals surface area contributed by atoms with Crippen molar-refractivity contribution in [1.29, 1.82) is 0 Å². The molecule has 0 spiro atoms. The van der Waals surface area contributed by atoms with Crippen molar-refractivity contribution in [2.24, 2.45) is 0 Å². The molecule has 0 bridgehead atoms. The van der Waals surface area contributed by atoms with Crippen LogP contribution in [0.5, 0.6) is 0 Å². The normalized spacial score (nSPS) is 10.9. The molecule has 0 aromatic heterocycles. The van der Waals surface area contributed by atoms with E-state index in [1.54, 1.807) is 27.8 Å². The van der Waals surface area contributed by atoms with E-state index in [4.69, 9.17) is 4.74 Å². The summed E-state index contributed by atoms with van der Waals surface area (Å²) in [7, 11) is 1.67. The Labute approximate surface area is 84.2 Å². The molecule has 5 nitrogen and oxygen atoms in total. The Balaban J connectivity index is 3.70. The molecule has 0 saturated heterocycles. The van der Waals surface area contributed by atoms with Gasteiger partial charge in [-0.3, -0.25) is 4.79 Å². The van der Waals surface area contributed by atoms with E-state index in [1.165, 1.54) is 0 Å². The van der Waals surface area contributed by atoms with Crippen LogP contribution in [0.15, 0.2) is 0 Å². The number of nitrogens with one attached hydrogen (secondary N) is 2. The second-order valence-electron chi connectivity index (χ2n) is 3.92. The van der Waals surface area contributed by atoms with E-state index < -0.39 is 11.7 Å². The summed E-state index contributed by atoms with van der Waals surface area (Å²) in [5, 5.41) is 5.07. The number of rotatable bonds is 4. The quantitative estimate of drug-likeness (QED) is 0.688. The van der Waals surface area contributed by atoms with Gasteiger partial charge in [-0.25, -0.2) is 4.79 Å². The molecule has 0 fully saturated rings. The van der Waals surface area contributed by atoms with Crippen molar-refractivity contribution in [3.05, 3.63) is 0 Å². The summed E-state index contributed by atoms with van der Waals surface area (Å²) in [5.41, 5.74) is -0.532. The van der Waals surface area contributed by atoms with Gasteiger partial charge in [0.25, 0.3) is 0 Å². The number of hydrogen-bond acceptors (Lipinski definition) is 4. The van der Waals surface area contributed by atoms with Crippen molar-refractivity contribution < 1.29 is 14.3 Å². The Kier molecular flexibility index (Phi) is 5.15. The van der Waals surface area contributed by atoms with Crippen LogP contribution >= 0.6 is 0 Å². The van der Waals surface area contributed by atoms with Crippen molar-refractivity contribution in [1.82, 2.24) is 10.6 Å². The van der Waals surface area contributed by atoms with Crippen LogP contribution in [0.1, 0.15) is 20.8 Å². The summed E-state index contributed by atoms with van der Waals surface area (Å²) in [6, 6.07) is 0. The number of carbonyl (C=O) groups is 2. The van der Waals surface area contributed by atoms with Crippen LogP contribution in [0.25, 0.3) is 0 Å². The van der Waals surface area contributed by atoms with E-state index in [2.05, 4.69) is 10.6 Å². The third kappa shape index (κ3) is 7.54. The first-order valence-corrected chi connectivity index (χ1v) is 4.48. The SMILES string of the molecule is CNCC(=O)CNC(=O)OC(C)(C)C. The highest BCUT2D eigenvalue weighted by molar-refractivity contribution is 5.85. The topological polar surface area (TPSA) is 67.4 Å². The first-order valence-electron chi connectivity index (χ1n) is 4.48. The summed E-state index contributed by atoms with van der Waals surface area (Å²) in [5.74, 6) is -0.0849. The van der Waals surface area contributed by atoms with Gasteiger partial charge in [-0.15, -0.1) is 0 Å². The van der Waals surface area contributed by atoms with Gasteiger partial charge in [0, 0.05) is 0 Å². The smallest absolute Gasteiger partial charge is 0.408 e. The number of likely N-dealkylation sites (N-methyl/N-ethyl adjacent to an activating group) is 1. The van der Waals surface area contributed by atoms with Crippen LogP contribution in [0, 0.1) is 0 Å². The Morgan fingerprint density at radius 2 is 1.79 bits per heavy atom. The number of ketones is 1. The third-order valence-electron chi connectivity index (χ3n) is 1.20. The molecule has 1 amide bonds. The monoisotopic (exact) mass is 202 g/mol. The zero-order chi connectivity index (χ0) is 11.2. The Hall–Kier alpha value is -1.10. The van der Waals surface area contributed by atoms with E-state index >= 15 is 0 Å². The van der Waals surface area contributed by atoms with Gasteiger partial charge in [-0.1, -0.05) is 0 Å². The minimum absolute atomic E-state index is 0.00421. The second-order valence-corrected chi connectivity index (χ2v) is 3.92. The molecule has 0 unspecified atom stereocenters. The predicted octanol–water partition coefficient (Wildman–Crippen LogP) is 0.300. The lowest BCUT2D eigenvalue weighted by atomic mass is 10.2. The summed E-state index contributed by atoms with van der Waals surface area (Å²) in [6.07, 6.45) is -0.568. The van der Waals surface area contributed by atoms with Crippen molar-refractivity contribution in [2.75, 3.05) is 20.1 Å². The van der Waals surface area contributed by atoms with Crippen LogP contribution in [0.2, 0.25) is 0 Å². The van der Waals surface area contributed by atoms with E-state index in [0.717, 1.165) is 0 Å². The Bertz CT molecular complexity index is 209. The third-order valence-corrected chi connectivity index (χ3v) is 1.20. The molecular weight excluding hydrogens is 184 g/mol. The molecule has 0 aliphatic rings. The molecule has 0 aromatic rings. The lowest BCUT2D eigenvalue weighted by Gasteiger charge is -2.19. The fourth-order valence-electron chi connectivity index (χ4n) is 0.745. The standard InChI is InChI=1S/C9H18N2O3/c1-9(2,3)14-8(13)11-6-7(12)5-10-4/h10H,5-6H2,1-4H3,(H,11,13). The molecule has 0 radical (unpaired) electrons. The summed E-state index contributed by atoms with van der Waals surface area (Å²) >= 11 is 0. The molecular formula is C9H18N2O3. The number of carbonyl (C=O) groups excluding carboxylic acids is 2. The Morgan fingerprint density at radius 3 is 2.21 bits per heavy atom. The minimum Gasteiger partial charge on any atom is -0.444 e. The molecule has 0 atom stereocenters. The molecule has 0 saturated carbocycles. The maximum absolute atomic E-state index is 11.1. The zero-order valence-electron chi connectivity index (χ0n) is 9.14. The van der Waals surface area contributed by atoms with Gasteiger partial charge in [0.05, 0.1) is 13.1 Å². The molecule has 0 rings (SSSR count). The van der Waals surface area contributed by atoms with Gasteiger partial charge in [-0.2, -0.15) is 0 Å². The van der Waals surface area contributed by atoms with Crippen LogP contribution in [-0.4, -0.2) is 37.6 Å². The highest BCUT2D eigenvalue weighted by atomic mass is 16.6. The van der Waals surface area contributed by atoms with Gasteiger partial charge in [0.2, 0.25) is 0 Å². The largest absolute Gasteiger partial charge is 0.444 e. The first-order chi connectivity index (χ1) is 6.35. The van der Waals surface area contributed by atoms with Gasteiger partial charge in [0.15, 0.2) is 5.78 Å². The highest BCUT2D eigenvalue weighted by Crippen LogP contribution is 2.05. The Morgan fingerprint density at radius 1 is 1.21 bits per heavy atom. The molecule has 0 heterocycles. The number of amides is 1. The molecule has 5 heteroatoms. The maximum atomic E-state index is 11.1. The predicted molar refractivity (Wildman–Crippen MR) is 53.2 cm³/mol. The number of ether oxygens (including phenoxy) is 1. The fraction of sp³-hybridized carbons (Fsp3) is 0.778. The van der Waals surface area contributed by atoms with Crippen molar-refractivity contribution >= 4 is 11.9 Å². The maximum Gasteiger partial charge on any atom is 0.408 e. The molecule has 0 aliphatic carbocycles. The highest BCUT2D eigenvalue weighted by Gasteiger charge is 2.16. The van der Waals surface area contributed by atoms with Crippen molar-refractivity contribution in [3.63, 3.8) is 0 Å². The van der Waals surface area contributed by atoms with Crippen molar-refractivity contribution in [2.45, 2.75) is 26.4 Å². The van der Waals surface area contributed by atoms with Gasteiger partial charge in [0.1, 0.15) is 5.60 Å². The molecule has 2 N–H and O–H groups in total. The fourth-order valence-corrected chi connectivity index (χ4v) is 0.745. The lowest BCUT2D eigenvalue weighted by molar-refractivity contribution is -0.117.